The average Bonchev–Trinajstić information content (AvgIpc) is 3.14. The second-order valence-corrected chi connectivity index (χ2v) is 9.49. The molecule has 0 saturated carbocycles. The van der Waals surface area contributed by atoms with Crippen molar-refractivity contribution in [3.63, 3.8) is 0 Å². The molecule has 188 valence electrons. The summed E-state index contributed by atoms with van der Waals surface area (Å²) in [6, 6.07) is 7.50. The Bertz CT molecular complexity index is 878. The number of rotatable bonds is 11. The van der Waals surface area contributed by atoms with Crippen LogP contribution in [0.25, 0.3) is 0 Å². The van der Waals surface area contributed by atoms with E-state index in [9.17, 15) is 9.59 Å². The highest BCUT2D eigenvalue weighted by molar-refractivity contribution is 6.32. The van der Waals surface area contributed by atoms with Crippen LogP contribution in [0.3, 0.4) is 0 Å². The first kappa shape index (κ1) is 29.2. The van der Waals surface area contributed by atoms with E-state index in [1.165, 1.54) is 6.08 Å². The number of aliphatic imine (C=N–C) groups is 1. The Balaban J connectivity index is 0.000000411. The third kappa shape index (κ3) is 11.9. The number of para-hydroxylation sites is 1. The van der Waals surface area contributed by atoms with Crippen LogP contribution >= 0.6 is 11.6 Å². The standard InChI is InChI=1S/C18H24ClNO2.C7H13N3O2/c1-13(9-10-18(2,3)4)20-12-14(11-17(20)21)22-16-8-6-5-7-15(16)19;8-7(10-6-12)2-4-9-3-1-5-11/h5-8,11,13H,9-10,12H2,1-4H3;2,4,6,9,11H,1,3,5H2,(H2,8,10,12)/b;4-2-. The zero-order chi connectivity index (χ0) is 25.6. The van der Waals surface area contributed by atoms with Crippen LogP contribution in [0.4, 0.5) is 0 Å². The van der Waals surface area contributed by atoms with Gasteiger partial charge in [0.25, 0.3) is 5.91 Å². The van der Waals surface area contributed by atoms with Crippen LogP contribution in [0.15, 0.2) is 53.4 Å². The summed E-state index contributed by atoms with van der Waals surface area (Å²) in [4.78, 5) is 27.1. The first-order valence-corrected chi connectivity index (χ1v) is 11.7. The Morgan fingerprint density at radius 1 is 1.38 bits per heavy atom. The van der Waals surface area contributed by atoms with Crippen LogP contribution in [0, 0.1) is 5.41 Å². The van der Waals surface area contributed by atoms with Crippen LogP contribution in [-0.2, 0) is 9.59 Å². The number of carbonyl (C=O) groups excluding carboxylic acids is 2. The Morgan fingerprint density at radius 3 is 2.71 bits per heavy atom. The molecule has 0 bridgehead atoms. The molecule has 0 spiro atoms. The molecule has 1 aliphatic rings. The van der Waals surface area contributed by atoms with Crippen LogP contribution in [-0.4, -0.2) is 53.9 Å². The van der Waals surface area contributed by atoms with E-state index in [4.69, 9.17) is 27.2 Å². The number of benzene rings is 1. The Hall–Kier alpha value is -2.84. The topological polar surface area (TPSA) is 117 Å². The van der Waals surface area contributed by atoms with E-state index in [0.717, 1.165) is 12.8 Å². The van der Waals surface area contributed by atoms with Gasteiger partial charge < -0.3 is 25.8 Å². The zero-order valence-corrected chi connectivity index (χ0v) is 21.2. The molecular formula is C25H37ClN4O4. The molecule has 2 rings (SSSR count). The number of nitrogens with zero attached hydrogens (tertiary/aromatic N) is 2. The summed E-state index contributed by atoms with van der Waals surface area (Å²) >= 11 is 6.09. The summed E-state index contributed by atoms with van der Waals surface area (Å²) in [6.07, 6.45) is 7.75. The average molecular weight is 493 g/mol. The molecule has 0 saturated heterocycles. The van der Waals surface area contributed by atoms with Crippen molar-refractivity contribution in [1.29, 1.82) is 0 Å². The van der Waals surface area contributed by atoms with Gasteiger partial charge >= 0.3 is 0 Å². The summed E-state index contributed by atoms with van der Waals surface area (Å²) in [7, 11) is 0. The van der Waals surface area contributed by atoms with Crippen molar-refractivity contribution in [3.8, 4) is 5.75 Å². The van der Waals surface area contributed by atoms with Crippen LogP contribution in [0.1, 0.15) is 47.0 Å². The highest BCUT2D eigenvalue weighted by Crippen LogP contribution is 2.28. The van der Waals surface area contributed by atoms with Crippen LogP contribution < -0.4 is 15.8 Å². The molecule has 34 heavy (non-hydrogen) atoms. The van der Waals surface area contributed by atoms with Crippen molar-refractivity contribution in [1.82, 2.24) is 10.2 Å². The maximum absolute atomic E-state index is 12.2. The van der Waals surface area contributed by atoms with Crippen molar-refractivity contribution >= 4 is 29.8 Å². The van der Waals surface area contributed by atoms with Crippen LogP contribution in [0.2, 0.25) is 5.02 Å². The lowest BCUT2D eigenvalue weighted by Gasteiger charge is -2.27. The molecule has 0 aliphatic carbocycles. The summed E-state index contributed by atoms with van der Waals surface area (Å²) in [5.41, 5.74) is 5.52. The zero-order valence-electron chi connectivity index (χ0n) is 20.5. The summed E-state index contributed by atoms with van der Waals surface area (Å²) in [5.74, 6) is 1.41. The highest BCUT2D eigenvalue weighted by atomic mass is 35.5. The predicted octanol–water partition coefficient (Wildman–Crippen LogP) is 3.65. The lowest BCUT2D eigenvalue weighted by atomic mass is 9.89. The molecule has 1 unspecified atom stereocenters. The number of hydrogen-bond acceptors (Lipinski definition) is 5. The van der Waals surface area contributed by atoms with Crippen molar-refractivity contribution in [2.24, 2.45) is 16.1 Å². The number of halogens is 1. The lowest BCUT2D eigenvalue weighted by molar-refractivity contribution is -0.126. The molecule has 1 aromatic rings. The summed E-state index contributed by atoms with van der Waals surface area (Å²) in [6.45, 7) is 10.1. The number of aliphatic hydroxyl groups is 1. The minimum absolute atomic E-state index is 0.0171. The van der Waals surface area contributed by atoms with Crippen molar-refractivity contribution in [3.05, 3.63) is 53.4 Å². The molecule has 8 nitrogen and oxygen atoms in total. The highest BCUT2D eigenvalue weighted by Gasteiger charge is 2.28. The molecule has 0 radical (unpaired) electrons. The van der Waals surface area contributed by atoms with Gasteiger partial charge in [-0.15, -0.1) is 0 Å². The minimum atomic E-state index is 0.0171. The Kier molecular flexibility index (Phi) is 13.0. The van der Waals surface area contributed by atoms with Crippen molar-refractivity contribution in [2.75, 3.05) is 19.7 Å². The molecule has 4 N–H and O–H groups in total. The maximum atomic E-state index is 12.2. The molecular weight excluding hydrogens is 456 g/mol. The van der Waals surface area contributed by atoms with E-state index in [1.54, 1.807) is 24.4 Å². The smallest absolute Gasteiger partial charge is 0.250 e. The normalized spacial score (nSPS) is 15.0. The Labute approximate surface area is 207 Å². The number of ether oxygens (including phenoxy) is 1. The van der Waals surface area contributed by atoms with E-state index in [0.29, 0.717) is 42.5 Å². The number of amides is 2. The monoisotopic (exact) mass is 492 g/mol. The fourth-order valence-corrected chi connectivity index (χ4v) is 3.10. The van der Waals surface area contributed by atoms with Crippen LogP contribution in [0.5, 0.6) is 5.75 Å². The van der Waals surface area contributed by atoms with Gasteiger partial charge in [-0.05, 0) is 49.8 Å². The molecule has 1 aromatic carbocycles. The van der Waals surface area contributed by atoms with Gasteiger partial charge in [-0.25, -0.2) is 0 Å². The number of amidine groups is 1. The van der Waals surface area contributed by atoms with Gasteiger partial charge in [0, 0.05) is 31.5 Å². The lowest BCUT2D eigenvalue weighted by Crippen LogP contribution is -2.35. The fraction of sp³-hybridized carbons (Fsp3) is 0.480. The van der Waals surface area contributed by atoms with E-state index in [2.05, 4.69) is 38.0 Å². The molecule has 2 amide bonds. The van der Waals surface area contributed by atoms with E-state index >= 15 is 0 Å². The third-order valence-corrected chi connectivity index (χ3v) is 5.18. The molecule has 0 fully saturated rings. The number of hydrogen-bond donors (Lipinski definition) is 3. The van der Waals surface area contributed by atoms with Gasteiger partial charge in [-0.3, -0.25) is 9.59 Å². The maximum Gasteiger partial charge on any atom is 0.250 e. The van der Waals surface area contributed by atoms with Gasteiger partial charge in [0.05, 0.1) is 11.6 Å². The number of nitrogens with one attached hydrogen (secondary N) is 1. The molecule has 1 atom stereocenters. The van der Waals surface area contributed by atoms with Gasteiger partial charge in [0.2, 0.25) is 6.41 Å². The van der Waals surface area contributed by atoms with E-state index in [-0.39, 0.29) is 29.8 Å². The predicted molar refractivity (Wildman–Crippen MR) is 137 cm³/mol. The SMILES string of the molecule is CC(CCC(C)(C)C)N1CC(Oc2ccccc2Cl)=CC1=O.NC(/C=C\NCCCO)=NC=O. The van der Waals surface area contributed by atoms with E-state index < -0.39 is 0 Å². The third-order valence-electron chi connectivity index (χ3n) is 4.87. The first-order valence-electron chi connectivity index (χ1n) is 11.3. The minimum Gasteiger partial charge on any atom is -0.458 e. The second-order valence-electron chi connectivity index (χ2n) is 9.08. The quantitative estimate of drug-likeness (QED) is 0.188. The van der Waals surface area contributed by atoms with Gasteiger partial charge in [-0.2, -0.15) is 4.99 Å². The van der Waals surface area contributed by atoms with Gasteiger partial charge in [-0.1, -0.05) is 44.5 Å². The Morgan fingerprint density at radius 2 is 2.09 bits per heavy atom. The van der Waals surface area contributed by atoms with Crippen molar-refractivity contribution < 1.29 is 19.4 Å². The molecule has 1 heterocycles. The first-order chi connectivity index (χ1) is 16.1. The fourth-order valence-electron chi connectivity index (χ4n) is 2.93. The number of aliphatic hydroxyl groups excluding tert-OH is 1. The van der Waals surface area contributed by atoms with Crippen molar-refractivity contribution in [2.45, 2.75) is 53.0 Å². The molecule has 9 heteroatoms. The van der Waals surface area contributed by atoms with Gasteiger partial charge in [0.15, 0.2) is 0 Å². The number of nitrogens with two attached hydrogens (primary N) is 1. The summed E-state index contributed by atoms with van der Waals surface area (Å²) in [5, 5.41) is 11.8. The van der Waals surface area contributed by atoms with E-state index in [1.807, 2.05) is 17.0 Å². The molecule has 1 aliphatic heterocycles. The molecule has 0 aromatic heterocycles. The number of carbonyl (C=O) groups is 2. The second kappa shape index (κ2) is 15.1. The van der Waals surface area contributed by atoms with Gasteiger partial charge in [0.1, 0.15) is 17.3 Å². The summed E-state index contributed by atoms with van der Waals surface area (Å²) < 4.78 is 5.77. The largest absolute Gasteiger partial charge is 0.458 e.